The van der Waals surface area contributed by atoms with Crippen molar-refractivity contribution in [1.29, 1.82) is 0 Å². The average molecular weight is 407 g/mol. The van der Waals surface area contributed by atoms with Crippen molar-refractivity contribution in [1.82, 2.24) is 10.2 Å². The Hall–Kier alpha value is -2.28. The van der Waals surface area contributed by atoms with Gasteiger partial charge in [0.25, 0.3) is 5.91 Å². The Morgan fingerprint density at radius 2 is 1.88 bits per heavy atom. The highest BCUT2D eigenvalue weighted by molar-refractivity contribution is 9.10. The van der Waals surface area contributed by atoms with Gasteiger partial charge in [0.15, 0.2) is 10.4 Å². The second-order valence-corrected chi connectivity index (χ2v) is 6.71. The first kappa shape index (κ1) is 17.5. The lowest BCUT2D eigenvalue weighted by atomic mass is 9.97. The standard InChI is InChI=1S/C18H19BrN2O4/c19-16-7-6-15(25-16)17(22)20-12-13-8-10-21(11-9-13)18(23)24-14-4-2-1-3-5-14/h1-7,13H,8-12H2,(H,20,22). The van der Waals surface area contributed by atoms with Gasteiger partial charge < -0.3 is 19.4 Å². The number of para-hydroxylation sites is 1. The summed E-state index contributed by atoms with van der Waals surface area (Å²) in [5, 5.41) is 2.88. The Balaban J connectivity index is 1.41. The number of carbonyl (C=O) groups excluding carboxylic acids is 2. The lowest BCUT2D eigenvalue weighted by molar-refractivity contribution is 0.0903. The van der Waals surface area contributed by atoms with Crippen molar-refractivity contribution in [2.75, 3.05) is 19.6 Å². The first-order chi connectivity index (χ1) is 12.1. The van der Waals surface area contributed by atoms with Gasteiger partial charge in [-0.25, -0.2) is 4.79 Å². The topological polar surface area (TPSA) is 71.8 Å². The number of ether oxygens (including phenoxy) is 1. The third-order valence-electron chi connectivity index (χ3n) is 4.17. The van der Waals surface area contributed by atoms with E-state index in [2.05, 4.69) is 21.2 Å². The van der Waals surface area contributed by atoms with E-state index < -0.39 is 0 Å². The highest BCUT2D eigenvalue weighted by Gasteiger charge is 2.24. The Labute approximate surface area is 154 Å². The molecular formula is C18H19BrN2O4. The summed E-state index contributed by atoms with van der Waals surface area (Å²) in [6, 6.07) is 12.4. The van der Waals surface area contributed by atoms with Gasteiger partial charge in [-0.1, -0.05) is 18.2 Å². The number of hydrogen-bond donors (Lipinski definition) is 1. The zero-order valence-corrected chi connectivity index (χ0v) is 15.2. The number of carbonyl (C=O) groups is 2. The van der Waals surface area contributed by atoms with Crippen LogP contribution >= 0.6 is 15.9 Å². The van der Waals surface area contributed by atoms with Crippen LogP contribution in [-0.2, 0) is 0 Å². The molecule has 7 heteroatoms. The van der Waals surface area contributed by atoms with Crippen LogP contribution < -0.4 is 10.1 Å². The van der Waals surface area contributed by atoms with Crippen molar-refractivity contribution < 1.29 is 18.7 Å². The first-order valence-corrected chi connectivity index (χ1v) is 8.96. The minimum Gasteiger partial charge on any atom is -0.444 e. The third-order valence-corrected chi connectivity index (χ3v) is 4.60. The molecule has 2 amide bonds. The lowest BCUT2D eigenvalue weighted by Crippen LogP contribution is -2.42. The van der Waals surface area contributed by atoms with Crippen molar-refractivity contribution in [2.45, 2.75) is 12.8 Å². The summed E-state index contributed by atoms with van der Waals surface area (Å²) in [6.45, 7) is 1.82. The van der Waals surface area contributed by atoms with Crippen LogP contribution in [0.4, 0.5) is 4.79 Å². The highest BCUT2D eigenvalue weighted by Crippen LogP contribution is 2.19. The maximum Gasteiger partial charge on any atom is 0.415 e. The van der Waals surface area contributed by atoms with Gasteiger partial charge >= 0.3 is 6.09 Å². The summed E-state index contributed by atoms with van der Waals surface area (Å²) in [6.07, 6.45) is 1.33. The van der Waals surface area contributed by atoms with Crippen LogP contribution in [0.2, 0.25) is 0 Å². The molecule has 1 aliphatic heterocycles. The molecule has 3 rings (SSSR count). The van der Waals surface area contributed by atoms with Crippen LogP contribution in [0, 0.1) is 5.92 Å². The van der Waals surface area contributed by atoms with E-state index in [-0.39, 0.29) is 17.8 Å². The number of hydrogen-bond acceptors (Lipinski definition) is 4. The normalized spacial score (nSPS) is 15.0. The van der Waals surface area contributed by atoms with Crippen LogP contribution in [0.15, 0.2) is 51.6 Å². The van der Waals surface area contributed by atoms with E-state index in [0.29, 0.717) is 36.0 Å². The molecule has 1 aromatic heterocycles. The number of amides is 2. The van der Waals surface area contributed by atoms with Gasteiger partial charge in [0.1, 0.15) is 5.75 Å². The monoisotopic (exact) mass is 406 g/mol. The van der Waals surface area contributed by atoms with E-state index in [0.717, 1.165) is 12.8 Å². The van der Waals surface area contributed by atoms with Gasteiger partial charge in [-0.2, -0.15) is 0 Å². The molecule has 0 unspecified atom stereocenters. The number of nitrogens with one attached hydrogen (secondary N) is 1. The Bertz CT molecular complexity index is 724. The number of piperidine rings is 1. The van der Waals surface area contributed by atoms with Gasteiger partial charge in [0.05, 0.1) is 0 Å². The molecule has 0 radical (unpaired) electrons. The van der Waals surface area contributed by atoms with Crippen molar-refractivity contribution in [2.24, 2.45) is 5.92 Å². The third kappa shape index (κ3) is 4.85. The number of furan rings is 1. The van der Waals surface area contributed by atoms with Crippen molar-refractivity contribution in [3.05, 3.63) is 52.9 Å². The van der Waals surface area contributed by atoms with Gasteiger partial charge in [-0.05, 0) is 59.0 Å². The second-order valence-electron chi connectivity index (χ2n) is 5.93. The van der Waals surface area contributed by atoms with Crippen molar-refractivity contribution in [3.63, 3.8) is 0 Å². The highest BCUT2D eigenvalue weighted by atomic mass is 79.9. The minimum atomic E-state index is -0.325. The summed E-state index contributed by atoms with van der Waals surface area (Å²) in [4.78, 5) is 25.8. The quantitative estimate of drug-likeness (QED) is 0.840. The van der Waals surface area contributed by atoms with E-state index in [1.807, 2.05) is 18.2 Å². The van der Waals surface area contributed by atoms with Crippen LogP contribution in [0.5, 0.6) is 5.75 Å². The molecule has 0 aliphatic carbocycles. The fourth-order valence-electron chi connectivity index (χ4n) is 2.73. The van der Waals surface area contributed by atoms with Crippen molar-refractivity contribution >= 4 is 27.9 Å². The number of halogens is 1. The maximum atomic E-state index is 12.1. The number of benzene rings is 1. The van der Waals surface area contributed by atoms with Crippen LogP contribution in [0.3, 0.4) is 0 Å². The van der Waals surface area contributed by atoms with Gasteiger partial charge in [-0.3, -0.25) is 4.79 Å². The molecule has 0 bridgehead atoms. The summed E-state index contributed by atoms with van der Waals surface area (Å²) in [5.41, 5.74) is 0. The zero-order valence-electron chi connectivity index (χ0n) is 13.6. The van der Waals surface area contributed by atoms with Crippen LogP contribution in [0.1, 0.15) is 23.4 Å². The molecule has 0 atom stereocenters. The van der Waals surface area contributed by atoms with Gasteiger partial charge in [0.2, 0.25) is 0 Å². The second kappa shape index (κ2) is 8.20. The van der Waals surface area contributed by atoms with E-state index >= 15 is 0 Å². The fraction of sp³-hybridized carbons (Fsp3) is 0.333. The summed E-state index contributed by atoms with van der Waals surface area (Å²) >= 11 is 3.18. The molecule has 1 fully saturated rings. The number of nitrogens with zero attached hydrogens (tertiary/aromatic N) is 1. The number of likely N-dealkylation sites (tertiary alicyclic amines) is 1. The maximum absolute atomic E-state index is 12.1. The molecule has 1 saturated heterocycles. The van der Waals surface area contributed by atoms with Gasteiger partial charge in [0, 0.05) is 19.6 Å². The molecule has 2 aromatic rings. The number of rotatable bonds is 4. The molecule has 1 N–H and O–H groups in total. The van der Waals surface area contributed by atoms with E-state index in [9.17, 15) is 9.59 Å². The summed E-state index contributed by atoms with van der Waals surface area (Å²) in [5.74, 6) is 0.946. The lowest BCUT2D eigenvalue weighted by Gasteiger charge is -2.31. The Morgan fingerprint density at radius 1 is 1.16 bits per heavy atom. The molecule has 25 heavy (non-hydrogen) atoms. The molecule has 0 spiro atoms. The average Bonchev–Trinajstić information content (AvgIpc) is 3.07. The molecule has 132 valence electrons. The van der Waals surface area contributed by atoms with E-state index in [4.69, 9.17) is 9.15 Å². The molecule has 0 saturated carbocycles. The molecule has 1 aliphatic rings. The SMILES string of the molecule is O=C(NCC1CCN(C(=O)Oc2ccccc2)CC1)c1ccc(Br)o1. The van der Waals surface area contributed by atoms with E-state index in [1.54, 1.807) is 29.2 Å². The molecule has 2 heterocycles. The van der Waals surface area contributed by atoms with E-state index in [1.165, 1.54) is 0 Å². The summed E-state index contributed by atoms with van der Waals surface area (Å²) < 4.78 is 11.1. The van der Waals surface area contributed by atoms with Crippen LogP contribution in [0.25, 0.3) is 0 Å². The predicted octanol–water partition coefficient (Wildman–Crippen LogP) is 3.68. The molecular weight excluding hydrogens is 388 g/mol. The Kier molecular flexibility index (Phi) is 5.75. The molecule has 6 nitrogen and oxygen atoms in total. The smallest absolute Gasteiger partial charge is 0.415 e. The fourth-order valence-corrected chi connectivity index (χ4v) is 3.04. The minimum absolute atomic E-state index is 0.225. The van der Waals surface area contributed by atoms with Crippen molar-refractivity contribution in [3.8, 4) is 5.75 Å². The Morgan fingerprint density at radius 3 is 2.52 bits per heavy atom. The molecule has 1 aromatic carbocycles. The first-order valence-electron chi connectivity index (χ1n) is 8.17. The summed E-state index contributed by atoms with van der Waals surface area (Å²) in [7, 11) is 0. The van der Waals surface area contributed by atoms with Gasteiger partial charge in [-0.15, -0.1) is 0 Å². The predicted molar refractivity (Wildman–Crippen MR) is 95.5 cm³/mol. The van der Waals surface area contributed by atoms with Crippen LogP contribution in [-0.4, -0.2) is 36.5 Å². The zero-order chi connectivity index (χ0) is 17.6. The largest absolute Gasteiger partial charge is 0.444 e.